The lowest BCUT2D eigenvalue weighted by atomic mass is 9.88. The monoisotopic (exact) mass is 849 g/mol. The number of aryl methyl sites for hydroxylation is 2. The van der Waals surface area contributed by atoms with Crippen molar-refractivity contribution in [2.75, 3.05) is 47.8 Å². The van der Waals surface area contributed by atoms with E-state index in [1.165, 1.54) is 9.39 Å². The molecule has 0 bridgehead atoms. The first-order valence-corrected chi connectivity index (χ1v) is 22.4. The smallest absolute Gasteiger partial charge is 0.394 e. The summed E-state index contributed by atoms with van der Waals surface area (Å²) < 4.78 is 37.2. The maximum atomic E-state index is 17.0. The third kappa shape index (κ3) is 12.7. The predicted molar refractivity (Wildman–Crippen MR) is 232 cm³/mol. The van der Waals surface area contributed by atoms with E-state index in [1.54, 1.807) is 6.07 Å². The number of imide groups is 1. The highest BCUT2D eigenvalue weighted by Crippen LogP contribution is 2.39. The standard InChI is InChI=1S/C46H65BF2N6O6/c1-7-8-18-36-32-40(35-19-11-9-12-20-35)53-41(36)33-39-34(2)31-37(52(39)47(53,48)49)24-25-43(57)50-38(21-14-16-30-55(4,5)6)42(56)22-17-29-51(3)28-15-10-13-23-46(60)61-54-44(58)26-27-45(54)59/h9,11-12,19-20,31-33,38H,7-8,10,13-18,21-30H2,1-6H3/p+2. The fraction of sp³-hybridized carbons (Fsp3) is 0.565. The first-order valence-electron chi connectivity index (χ1n) is 22.4. The molecule has 2 atom stereocenters. The summed E-state index contributed by atoms with van der Waals surface area (Å²) in [5.41, 5.74) is 4.26. The number of allylic oxidation sites excluding steroid dienone is 2. The third-order valence-corrected chi connectivity index (χ3v) is 11.9. The molecule has 3 amide bonds. The average Bonchev–Trinajstić information content (AvgIpc) is 3.86. The van der Waals surface area contributed by atoms with Crippen LogP contribution in [-0.4, -0.2) is 115 Å². The first-order chi connectivity index (χ1) is 29.0. The van der Waals surface area contributed by atoms with E-state index in [2.05, 4.69) is 40.4 Å². The molecular formula is C46H67BF2N6O6+2. The highest BCUT2D eigenvalue weighted by molar-refractivity contribution is 6.58. The molecule has 4 heterocycles. The molecule has 0 radical (unpaired) electrons. The van der Waals surface area contributed by atoms with Crippen LogP contribution in [0.15, 0.2) is 53.7 Å². The number of benzene rings is 1. The van der Waals surface area contributed by atoms with Crippen molar-refractivity contribution in [3.63, 3.8) is 0 Å². The van der Waals surface area contributed by atoms with Gasteiger partial charge in [0.25, 0.3) is 11.8 Å². The highest BCUT2D eigenvalue weighted by Gasteiger charge is 2.54. The number of Topliss-reactive ketones (excluding diaryl/α,β-unsaturated/α-hetero) is 1. The Morgan fingerprint density at radius 3 is 2.30 bits per heavy atom. The number of nitrogens with zero attached hydrogens (tertiary/aromatic N) is 4. The Balaban J connectivity index is 1.16. The number of ketones is 1. The zero-order chi connectivity index (χ0) is 44.3. The Morgan fingerprint density at radius 1 is 0.902 bits per heavy atom. The molecule has 1 fully saturated rings. The lowest BCUT2D eigenvalue weighted by Crippen LogP contribution is -3.09. The van der Waals surface area contributed by atoms with Crippen molar-refractivity contribution in [1.82, 2.24) is 14.9 Å². The van der Waals surface area contributed by atoms with E-state index in [9.17, 15) is 24.0 Å². The second-order valence-corrected chi connectivity index (χ2v) is 18.1. The minimum absolute atomic E-state index is 0.0206. The number of amides is 3. The van der Waals surface area contributed by atoms with E-state index in [1.807, 2.05) is 49.4 Å². The molecule has 0 aliphatic carbocycles. The van der Waals surface area contributed by atoms with E-state index >= 15 is 8.63 Å². The van der Waals surface area contributed by atoms with Gasteiger partial charge in [-0.25, -0.2) is 4.79 Å². The number of rotatable bonds is 25. The number of hydrogen-bond donors (Lipinski definition) is 2. The number of hydrogen-bond acceptors (Lipinski definition) is 6. The summed E-state index contributed by atoms with van der Waals surface area (Å²) in [5.74, 6) is -1.92. The van der Waals surface area contributed by atoms with E-state index in [-0.39, 0.29) is 43.8 Å². The number of hydroxylamine groups is 2. The normalized spacial score (nSPS) is 16.9. The Labute approximate surface area is 360 Å². The van der Waals surface area contributed by atoms with Crippen molar-refractivity contribution in [2.45, 2.75) is 123 Å². The molecule has 3 aliphatic heterocycles. The number of carbonyl (C=O) groups excluding carboxylic acids is 5. The summed E-state index contributed by atoms with van der Waals surface area (Å²) >= 11 is 0. The number of nitrogens with one attached hydrogen (secondary N) is 2. The zero-order valence-electron chi connectivity index (χ0n) is 37.2. The van der Waals surface area contributed by atoms with Crippen LogP contribution < -0.4 is 10.2 Å². The second-order valence-electron chi connectivity index (χ2n) is 18.1. The molecular weight excluding hydrogens is 781 g/mol. The molecule has 2 aromatic rings. The van der Waals surface area contributed by atoms with Crippen LogP contribution in [0.4, 0.5) is 8.63 Å². The van der Waals surface area contributed by atoms with Gasteiger partial charge in [-0.3, -0.25) is 19.2 Å². The largest absolute Gasteiger partial charge is 0.737 e. The van der Waals surface area contributed by atoms with Crippen LogP contribution >= 0.6 is 0 Å². The number of unbranched alkanes of at least 4 members (excludes halogenated alkanes) is 4. The predicted octanol–water partition coefficient (Wildman–Crippen LogP) is 5.33. The summed E-state index contributed by atoms with van der Waals surface area (Å²) in [7, 11) is 8.42. The second kappa shape index (κ2) is 21.4. The molecule has 12 nitrogen and oxygen atoms in total. The number of fused-ring (bicyclic) bond motifs is 2. The van der Waals surface area contributed by atoms with Crippen LogP contribution in [0.25, 0.3) is 6.08 Å². The Hall–Kier alpha value is -4.76. The minimum atomic E-state index is -4.28. The van der Waals surface area contributed by atoms with E-state index in [0.717, 1.165) is 83.8 Å². The summed E-state index contributed by atoms with van der Waals surface area (Å²) in [4.78, 5) is 68.8. The van der Waals surface area contributed by atoms with Gasteiger partial charge in [-0.05, 0) is 94.2 Å². The Bertz CT molecular complexity index is 2000. The number of aromatic nitrogens is 1. The van der Waals surface area contributed by atoms with Gasteiger partial charge in [-0.1, -0.05) is 31.5 Å². The molecule has 332 valence electrons. The Kier molecular flexibility index (Phi) is 16.6. The topological polar surface area (TPSA) is 122 Å². The molecule has 15 heteroatoms. The summed E-state index contributed by atoms with van der Waals surface area (Å²) in [5, 5.41) is 3.58. The van der Waals surface area contributed by atoms with Crippen molar-refractivity contribution in [2.24, 2.45) is 0 Å². The molecule has 0 spiro atoms. The van der Waals surface area contributed by atoms with Crippen molar-refractivity contribution in [3.8, 4) is 0 Å². The summed E-state index contributed by atoms with van der Waals surface area (Å²) in [6.45, 7) is 2.19. The van der Waals surface area contributed by atoms with Gasteiger partial charge in [0.15, 0.2) is 17.2 Å². The number of carbonyl (C=O) groups is 5. The van der Waals surface area contributed by atoms with Crippen LogP contribution in [0, 0.1) is 6.92 Å². The number of halogens is 2. The molecule has 1 aromatic heterocycles. The van der Waals surface area contributed by atoms with Crippen LogP contribution in [0.3, 0.4) is 0 Å². The molecule has 2 unspecified atom stereocenters. The van der Waals surface area contributed by atoms with Crippen LogP contribution in [0.2, 0.25) is 0 Å². The summed E-state index contributed by atoms with van der Waals surface area (Å²) in [6.07, 6.45) is 12.0. The molecule has 1 saturated heterocycles. The average molecular weight is 849 g/mol. The first kappa shape index (κ1) is 47.3. The SMILES string of the molecule is CCCCC1=CC(c2ccccc2)=[N+]2C1=Cc1c(C)cc(CCC(=O)NC(CCCC[N+](C)(C)C)C(=O)CCC[NH+](C)CCCCCC(=O)ON3C(=O)CCC3=O)n1[B-]2(F)F. The fourth-order valence-corrected chi connectivity index (χ4v) is 8.51. The van der Waals surface area contributed by atoms with Gasteiger partial charge >= 0.3 is 12.9 Å². The zero-order valence-corrected chi connectivity index (χ0v) is 37.2. The van der Waals surface area contributed by atoms with Crippen molar-refractivity contribution in [1.29, 1.82) is 0 Å². The quantitative estimate of drug-likeness (QED) is 0.0604. The molecule has 61 heavy (non-hydrogen) atoms. The highest BCUT2D eigenvalue weighted by atomic mass is 19.2. The van der Waals surface area contributed by atoms with Crippen LogP contribution in [-0.2, 0) is 35.2 Å². The van der Waals surface area contributed by atoms with Gasteiger partial charge in [0.2, 0.25) is 5.91 Å². The maximum Gasteiger partial charge on any atom is 0.737 e. The lowest BCUT2D eigenvalue weighted by Gasteiger charge is -2.31. The van der Waals surface area contributed by atoms with Gasteiger partial charge in [-0.15, -0.1) is 5.06 Å². The number of quaternary nitrogens is 2. The van der Waals surface area contributed by atoms with E-state index in [4.69, 9.17) is 4.84 Å². The van der Waals surface area contributed by atoms with Crippen LogP contribution in [0.1, 0.15) is 126 Å². The summed E-state index contributed by atoms with van der Waals surface area (Å²) in [6, 6.07) is 10.4. The molecule has 3 aliphatic rings. The van der Waals surface area contributed by atoms with Crippen molar-refractivity contribution >= 4 is 48.2 Å². The van der Waals surface area contributed by atoms with Gasteiger partial charge in [0.05, 0.1) is 53.9 Å². The lowest BCUT2D eigenvalue weighted by molar-refractivity contribution is -0.880. The van der Waals surface area contributed by atoms with E-state index in [0.29, 0.717) is 60.0 Å². The molecule has 0 saturated carbocycles. The van der Waals surface area contributed by atoms with Gasteiger partial charge < -0.3 is 37.1 Å². The molecule has 5 rings (SSSR count). The fourth-order valence-electron chi connectivity index (χ4n) is 8.51. The van der Waals surface area contributed by atoms with Gasteiger partial charge in [-0.2, -0.15) is 0 Å². The van der Waals surface area contributed by atoms with Gasteiger partial charge in [0, 0.05) is 67.5 Å². The van der Waals surface area contributed by atoms with Gasteiger partial charge in [0.1, 0.15) is 0 Å². The molecule has 2 N–H and O–H groups in total. The van der Waals surface area contributed by atoms with Crippen LogP contribution in [0.5, 0.6) is 0 Å². The molecule has 1 aromatic carbocycles. The van der Waals surface area contributed by atoms with Crippen molar-refractivity contribution < 1.29 is 51.3 Å². The van der Waals surface area contributed by atoms with E-state index < -0.39 is 30.8 Å². The minimum Gasteiger partial charge on any atom is -0.394 e. The van der Waals surface area contributed by atoms with Crippen molar-refractivity contribution in [3.05, 3.63) is 76.3 Å². The third-order valence-electron chi connectivity index (χ3n) is 11.9. The Morgan fingerprint density at radius 2 is 1.61 bits per heavy atom. The maximum absolute atomic E-state index is 17.0.